The van der Waals surface area contributed by atoms with Gasteiger partial charge in [0.15, 0.2) is 0 Å². The Hall–Kier alpha value is -3.13. The van der Waals surface area contributed by atoms with Crippen LogP contribution in [0.2, 0.25) is 0 Å². The second-order valence-electron chi connectivity index (χ2n) is 7.68. The summed E-state index contributed by atoms with van der Waals surface area (Å²) in [5.41, 5.74) is 0.861. The van der Waals surface area contributed by atoms with E-state index in [1.807, 2.05) is 46.1 Å². The molecule has 0 radical (unpaired) electrons. The molecular weight excluding hydrogens is 380 g/mol. The Labute approximate surface area is 175 Å². The lowest BCUT2D eigenvalue weighted by Crippen LogP contribution is -2.49. The van der Waals surface area contributed by atoms with Crippen LogP contribution in [0.3, 0.4) is 0 Å². The van der Waals surface area contributed by atoms with E-state index in [-0.39, 0.29) is 5.91 Å². The molecular formula is C22H26N6O2. The Kier molecular flexibility index (Phi) is 5.23. The van der Waals surface area contributed by atoms with Crippen LogP contribution in [0.4, 0.5) is 11.6 Å². The van der Waals surface area contributed by atoms with E-state index in [0.29, 0.717) is 19.6 Å². The lowest BCUT2D eigenvalue weighted by atomic mass is 10.3. The molecule has 0 aliphatic carbocycles. The number of amides is 1. The Morgan fingerprint density at radius 2 is 1.70 bits per heavy atom. The van der Waals surface area contributed by atoms with Crippen LogP contribution in [0.5, 0.6) is 0 Å². The van der Waals surface area contributed by atoms with Crippen LogP contribution < -0.4 is 9.80 Å². The number of fused-ring (bicyclic) bond motifs is 1. The van der Waals surface area contributed by atoms with Crippen LogP contribution in [-0.4, -0.2) is 77.8 Å². The van der Waals surface area contributed by atoms with E-state index in [9.17, 15) is 4.79 Å². The maximum atomic E-state index is 13.0. The molecule has 30 heavy (non-hydrogen) atoms. The van der Waals surface area contributed by atoms with E-state index in [1.165, 1.54) is 0 Å². The number of pyridine rings is 2. The average Bonchev–Trinajstić information content (AvgIpc) is 3.22. The van der Waals surface area contributed by atoms with Crippen molar-refractivity contribution in [1.82, 2.24) is 19.4 Å². The summed E-state index contributed by atoms with van der Waals surface area (Å²) in [4.78, 5) is 28.6. The number of hydrogen-bond donors (Lipinski definition) is 0. The summed E-state index contributed by atoms with van der Waals surface area (Å²) in [5.74, 6) is 2.05. The van der Waals surface area contributed by atoms with Crippen molar-refractivity contribution in [2.24, 2.45) is 0 Å². The van der Waals surface area contributed by atoms with Crippen molar-refractivity contribution in [2.45, 2.75) is 6.54 Å². The highest BCUT2D eigenvalue weighted by Gasteiger charge is 2.22. The number of ether oxygens (including phenoxy) is 1. The van der Waals surface area contributed by atoms with Gasteiger partial charge in [-0.05, 0) is 30.3 Å². The minimum atomic E-state index is 0.131. The number of hydrogen-bond acceptors (Lipinski definition) is 6. The predicted octanol–water partition coefficient (Wildman–Crippen LogP) is 1.62. The third-order valence-electron chi connectivity index (χ3n) is 5.84. The van der Waals surface area contributed by atoms with Crippen molar-refractivity contribution in [1.29, 1.82) is 0 Å². The van der Waals surface area contributed by atoms with E-state index in [4.69, 9.17) is 9.72 Å². The normalized spacial score (nSPS) is 17.5. The number of carbonyl (C=O) groups excluding carboxylic acids is 1. The minimum absolute atomic E-state index is 0.131. The number of anilines is 2. The highest BCUT2D eigenvalue weighted by molar-refractivity contribution is 5.82. The SMILES string of the molecule is O=C(Cn1ccc2ccc(N3CCOCC3)nc21)N1CCN(c2ccccn2)CC1. The first-order valence-corrected chi connectivity index (χ1v) is 10.5. The second-order valence-corrected chi connectivity index (χ2v) is 7.68. The van der Waals surface area contributed by atoms with Gasteiger partial charge in [0.1, 0.15) is 23.8 Å². The van der Waals surface area contributed by atoms with Crippen molar-refractivity contribution in [3.8, 4) is 0 Å². The van der Waals surface area contributed by atoms with Crippen LogP contribution in [0, 0.1) is 0 Å². The standard InChI is InChI=1S/C22H26N6O2/c29-21(27-11-9-25(10-12-27)19-3-1-2-7-23-19)17-28-8-6-18-4-5-20(24-22(18)28)26-13-15-30-16-14-26/h1-8H,9-17H2. The summed E-state index contributed by atoms with van der Waals surface area (Å²) < 4.78 is 7.41. The van der Waals surface area contributed by atoms with Crippen LogP contribution >= 0.6 is 0 Å². The van der Waals surface area contributed by atoms with Gasteiger partial charge in [-0.25, -0.2) is 9.97 Å². The van der Waals surface area contributed by atoms with Gasteiger partial charge in [-0.3, -0.25) is 4.79 Å². The molecule has 2 saturated heterocycles. The van der Waals surface area contributed by atoms with Crippen molar-refractivity contribution < 1.29 is 9.53 Å². The molecule has 156 valence electrons. The van der Waals surface area contributed by atoms with Crippen molar-refractivity contribution in [2.75, 3.05) is 62.3 Å². The smallest absolute Gasteiger partial charge is 0.242 e. The third kappa shape index (κ3) is 3.82. The first-order valence-electron chi connectivity index (χ1n) is 10.5. The van der Waals surface area contributed by atoms with Crippen molar-refractivity contribution in [3.63, 3.8) is 0 Å². The van der Waals surface area contributed by atoms with E-state index < -0.39 is 0 Å². The molecule has 1 amide bonds. The quantitative estimate of drug-likeness (QED) is 0.656. The zero-order valence-corrected chi connectivity index (χ0v) is 17.0. The number of rotatable bonds is 4. The van der Waals surface area contributed by atoms with Crippen molar-refractivity contribution >= 4 is 28.6 Å². The molecule has 2 aliphatic heterocycles. The number of carbonyl (C=O) groups is 1. The van der Waals surface area contributed by atoms with Gasteiger partial charge >= 0.3 is 0 Å². The molecule has 0 N–H and O–H groups in total. The monoisotopic (exact) mass is 406 g/mol. The van der Waals surface area contributed by atoms with E-state index in [1.54, 1.807) is 0 Å². The number of nitrogens with zero attached hydrogens (tertiary/aromatic N) is 6. The molecule has 0 unspecified atom stereocenters. The molecule has 5 heterocycles. The summed E-state index contributed by atoms with van der Waals surface area (Å²) in [5, 5.41) is 1.06. The molecule has 0 spiro atoms. The van der Waals surface area contributed by atoms with Gasteiger partial charge in [-0.15, -0.1) is 0 Å². The third-order valence-corrected chi connectivity index (χ3v) is 5.84. The predicted molar refractivity (Wildman–Crippen MR) is 116 cm³/mol. The largest absolute Gasteiger partial charge is 0.378 e. The number of aromatic nitrogens is 3. The van der Waals surface area contributed by atoms with Gasteiger partial charge in [-0.2, -0.15) is 0 Å². The summed E-state index contributed by atoms with van der Waals surface area (Å²) in [6.07, 6.45) is 3.77. The molecule has 0 saturated carbocycles. The molecule has 8 nitrogen and oxygen atoms in total. The van der Waals surface area contributed by atoms with Gasteiger partial charge in [0, 0.05) is 57.0 Å². The fourth-order valence-corrected chi connectivity index (χ4v) is 4.12. The molecule has 2 fully saturated rings. The van der Waals surface area contributed by atoms with Gasteiger partial charge < -0.3 is 24.0 Å². The second kappa shape index (κ2) is 8.31. The minimum Gasteiger partial charge on any atom is -0.378 e. The van der Waals surface area contributed by atoms with E-state index >= 15 is 0 Å². The molecule has 2 aliphatic rings. The van der Waals surface area contributed by atoms with Crippen LogP contribution in [0.15, 0.2) is 48.8 Å². The summed E-state index contributed by atoms with van der Waals surface area (Å²) in [6.45, 7) is 6.47. The van der Waals surface area contributed by atoms with E-state index in [2.05, 4.69) is 26.9 Å². The average molecular weight is 406 g/mol. The van der Waals surface area contributed by atoms with Crippen LogP contribution in [0.25, 0.3) is 11.0 Å². The zero-order valence-electron chi connectivity index (χ0n) is 17.0. The van der Waals surface area contributed by atoms with Gasteiger partial charge in [0.05, 0.1) is 13.2 Å². The highest BCUT2D eigenvalue weighted by Crippen LogP contribution is 2.21. The molecule has 0 aromatic carbocycles. The van der Waals surface area contributed by atoms with E-state index in [0.717, 1.165) is 62.1 Å². The highest BCUT2D eigenvalue weighted by atomic mass is 16.5. The number of piperazine rings is 1. The molecule has 0 atom stereocenters. The number of morpholine rings is 1. The molecule has 8 heteroatoms. The van der Waals surface area contributed by atoms with Gasteiger partial charge in [-0.1, -0.05) is 6.07 Å². The summed E-state index contributed by atoms with van der Waals surface area (Å²) >= 11 is 0. The lowest BCUT2D eigenvalue weighted by molar-refractivity contribution is -0.132. The summed E-state index contributed by atoms with van der Waals surface area (Å²) in [6, 6.07) is 12.1. The first kappa shape index (κ1) is 18.9. The first-order chi connectivity index (χ1) is 14.8. The molecule has 0 bridgehead atoms. The Balaban J connectivity index is 1.26. The molecule has 3 aromatic heterocycles. The lowest BCUT2D eigenvalue weighted by Gasteiger charge is -2.35. The molecule has 5 rings (SSSR count). The topological polar surface area (TPSA) is 66.7 Å². The van der Waals surface area contributed by atoms with Gasteiger partial charge in [0.25, 0.3) is 0 Å². The summed E-state index contributed by atoms with van der Waals surface area (Å²) in [7, 11) is 0. The Morgan fingerprint density at radius 1 is 0.900 bits per heavy atom. The Bertz CT molecular complexity index is 1010. The maximum Gasteiger partial charge on any atom is 0.242 e. The fraction of sp³-hybridized carbons (Fsp3) is 0.409. The Morgan fingerprint density at radius 3 is 2.47 bits per heavy atom. The van der Waals surface area contributed by atoms with Crippen molar-refractivity contribution in [3.05, 3.63) is 48.8 Å². The molecule has 3 aromatic rings. The maximum absolute atomic E-state index is 13.0. The van der Waals surface area contributed by atoms with Crippen LogP contribution in [0.1, 0.15) is 0 Å². The fourth-order valence-electron chi connectivity index (χ4n) is 4.12. The zero-order chi connectivity index (χ0) is 20.3. The van der Waals surface area contributed by atoms with Gasteiger partial charge in [0.2, 0.25) is 5.91 Å². The van der Waals surface area contributed by atoms with Crippen LogP contribution in [-0.2, 0) is 16.1 Å².